The van der Waals surface area contributed by atoms with Gasteiger partial charge in [0.05, 0.1) is 16.3 Å². The predicted molar refractivity (Wildman–Crippen MR) is 97.5 cm³/mol. The van der Waals surface area contributed by atoms with E-state index in [-0.39, 0.29) is 10.7 Å². The van der Waals surface area contributed by atoms with Gasteiger partial charge < -0.3 is 14.8 Å². The number of carbonyl (C=O) groups is 2. The third kappa shape index (κ3) is 6.16. The Kier molecular flexibility index (Phi) is 6.90. The summed E-state index contributed by atoms with van der Waals surface area (Å²) in [7, 11) is 0. The maximum Gasteiger partial charge on any atom is 0.416 e. The van der Waals surface area contributed by atoms with Crippen LogP contribution in [0.25, 0.3) is 0 Å². The first-order valence-electron chi connectivity index (χ1n) is 8.08. The summed E-state index contributed by atoms with van der Waals surface area (Å²) in [5.41, 5.74) is 0.859. The average Bonchev–Trinajstić information content (AvgIpc) is 2.62. The van der Waals surface area contributed by atoms with Crippen molar-refractivity contribution in [3.63, 3.8) is 0 Å². The Balaban J connectivity index is 1.85. The van der Waals surface area contributed by atoms with Crippen LogP contribution in [0.2, 0.25) is 5.02 Å². The first-order chi connectivity index (χ1) is 13.1. The molecule has 0 saturated heterocycles. The van der Waals surface area contributed by atoms with Gasteiger partial charge in [-0.3, -0.25) is 4.79 Å². The van der Waals surface area contributed by atoms with E-state index in [4.69, 9.17) is 21.1 Å². The van der Waals surface area contributed by atoms with Crippen molar-refractivity contribution in [2.45, 2.75) is 20.0 Å². The van der Waals surface area contributed by atoms with Crippen molar-refractivity contribution in [3.8, 4) is 5.75 Å². The fraction of sp³-hybridized carbons (Fsp3) is 0.263. The zero-order valence-corrected chi connectivity index (χ0v) is 15.8. The number of alkyl halides is 3. The lowest BCUT2D eigenvalue weighted by Gasteiger charge is -2.12. The van der Waals surface area contributed by atoms with Gasteiger partial charge in [-0.05, 0) is 55.3 Å². The van der Waals surface area contributed by atoms with Crippen LogP contribution in [0.4, 0.5) is 18.9 Å². The second kappa shape index (κ2) is 8.97. The maximum atomic E-state index is 12.7. The number of anilines is 1. The van der Waals surface area contributed by atoms with E-state index >= 15 is 0 Å². The number of nitrogens with one attached hydrogen (secondary N) is 1. The molecule has 1 N–H and O–H groups in total. The van der Waals surface area contributed by atoms with E-state index in [9.17, 15) is 22.8 Å². The molecule has 0 saturated carbocycles. The lowest BCUT2D eigenvalue weighted by atomic mass is 10.1. The quantitative estimate of drug-likeness (QED) is 0.704. The number of hydrogen-bond donors (Lipinski definition) is 1. The van der Waals surface area contributed by atoms with Crippen molar-refractivity contribution >= 4 is 29.2 Å². The van der Waals surface area contributed by atoms with Gasteiger partial charge in [0.2, 0.25) is 0 Å². The Morgan fingerprint density at radius 1 is 1.04 bits per heavy atom. The monoisotopic (exact) mass is 415 g/mol. The molecule has 0 aliphatic carbocycles. The minimum absolute atomic E-state index is 0.0780. The van der Waals surface area contributed by atoms with E-state index in [1.54, 1.807) is 12.1 Å². The van der Waals surface area contributed by atoms with Gasteiger partial charge >= 0.3 is 12.1 Å². The molecule has 0 aliphatic rings. The van der Waals surface area contributed by atoms with Gasteiger partial charge in [-0.2, -0.15) is 13.2 Å². The summed E-state index contributed by atoms with van der Waals surface area (Å²) in [5, 5.41) is 2.10. The van der Waals surface area contributed by atoms with Crippen molar-refractivity contribution in [1.29, 1.82) is 0 Å². The molecule has 0 fully saturated rings. The van der Waals surface area contributed by atoms with Gasteiger partial charge in [0.15, 0.2) is 13.2 Å². The molecule has 9 heteroatoms. The van der Waals surface area contributed by atoms with Crippen LogP contribution in [0.1, 0.15) is 16.7 Å². The largest absolute Gasteiger partial charge is 0.482 e. The Morgan fingerprint density at radius 3 is 2.39 bits per heavy atom. The van der Waals surface area contributed by atoms with E-state index < -0.39 is 36.8 Å². The van der Waals surface area contributed by atoms with Gasteiger partial charge in [0.1, 0.15) is 5.75 Å². The molecule has 0 radical (unpaired) electrons. The lowest BCUT2D eigenvalue weighted by Crippen LogP contribution is -2.24. The number of halogens is 4. The molecule has 0 spiro atoms. The highest BCUT2D eigenvalue weighted by Crippen LogP contribution is 2.33. The van der Waals surface area contributed by atoms with E-state index in [2.05, 4.69) is 5.32 Å². The maximum absolute atomic E-state index is 12.7. The predicted octanol–water partition coefficient (Wildman–Crippen LogP) is 4.54. The highest BCUT2D eigenvalue weighted by atomic mass is 35.5. The topological polar surface area (TPSA) is 64.6 Å². The summed E-state index contributed by atoms with van der Waals surface area (Å²) in [6, 6.07) is 7.79. The van der Waals surface area contributed by atoms with E-state index in [0.29, 0.717) is 11.8 Å². The summed E-state index contributed by atoms with van der Waals surface area (Å²) in [6.45, 7) is 2.72. The van der Waals surface area contributed by atoms with Crippen molar-refractivity contribution in [2.24, 2.45) is 0 Å². The summed E-state index contributed by atoms with van der Waals surface area (Å²) in [5.74, 6) is -1.16. The Bertz CT molecular complexity index is 884. The van der Waals surface area contributed by atoms with E-state index in [1.807, 2.05) is 19.9 Å². The molecule has 2 aromatic rings. The molecule has 0 unspecified atom stereocenters. The number of rotatable bonds is 6. The average molecular weight is 416 g/mol. The van der Waals surface area contributed by atoms with Gasteiger partial charge in [-0.25, -0.2) is 4.79 Å². The van der Waals surface area contributed by atoms with Crippen molar-refractivity contribution in [3.05, 3.63) is 58.1 Å². The molecule has 0 bridgehead atoms. The fourth-order valence-electron chi connectivity index (χ4n) is 2.12. The molecule has 0 atom stereocenters. The zero-order chi connectivity index (χ0) is 20.9. The zero-order valence-electron chi connectivity index (χ0n) is 15.0. The lowest BCUT2D eigenvalue weighted by molar-refractivity contribution is -0.149. The summed E-state index contributed by atoms with van der Waals surface area (Å²) in [4.78, 5) is 23.5. The smallest absolute Gasteiger partial charge is 0.416 e. The van der Waals surface area contributed by atoms with Crippen molar-refractivity contribution in [2.75, 3.05) is 18.5 Å². The third-order valence-electron chi connectivity index (χ3n) is 3.77. The van der Waals surface area contributed by atoms with Gasteiger partial charge in [0.25, 0.3) is 5.91 Å². The van der Waals surface area contributed by atoms with Crippen LogP contribution < -0.4 is 10.1 Å². The SMILES string of the molecule is Cc1ccc(OCC(=O)OCC(=O)Nc2cc(C(F)(F)F)ccc2Cl)cc1C. The van der Waals surface area contributed by atoms with Gasteiger partial charge in [-0.1, -0.05) is 17.7 Å². The third-order valence-corrected chi connectivity index (χ3v) is 4.10. The van der Waals surface area contributed by atoms with Gasteiger partial charge in [-0.15, -0.1) is 0 Å². The number of carbonyl (C=O) groups excluding carboxylic acids is 2. The summed E-state index contributed by atoms with van der Waals surface area (Å²) >= 11 is 5.78. The number of amides is 1. The van der Waals surface area contributed by atoms with Crippen LogP contribution in [0, 0.1) is 13.8 Å². The first kappa shape index (κ1) is 21.6. The molecule has 2 aromatic carbocycles. The molecule has 0 aliphatic heterocycles. The minimum Gasteiger partial charge on any atom is -0.482 e. The Morgan fingerprint density at radius 2 is 1.75 bits per heavy atom. The van der Waals surface area contributed by atoms with Crippen LogP contribution in [-0.4, -0.2) is 25.1 Å². The molecular weight excluding hydrogens is 399 g/mol. The van der Waals surface area contributed by atoms with Crippen molar-refractivity contribution in [1.82, 2.24) is 0 Å². The molecule has 0 heterocycles. The highest BCUT2D eigenvalue weighted by Gasteiger charge is 2.31. The van der Waals surface area contributed by atoms with E-state index in [0.717, 1.165) is 23.3 Å². The molecule has 2 rings (SSSR count). The highest BCUT2D eigenvalue weighted by molar-refractivity contribution is 6.33. The molecule has 28 heavy (non-hydrogen) atoms. The Hall–Kier alpha value is -2.74. The number of aryl methyl sites for hydroxylation is 2. The van der Waals surface area contributed by atoms with Gasteiger partial charge in [0, 0.05) is 0 Å². The van der Waals surface area contributed by atoms with Crippen LogP contribution in [0.3, 0.4) is 0 Å². The standard InChI is InChI=1S/C19H17ClF3NO4/c1-11-3-5-14(7-12(11)2)27-10-18(26)28-9-17(25)24-16-8-13(19(21,22)23)4-6-15(16)20/h3-8H,9-10H2,1-2H3,(H,24,25). The number of hydrogen-bond acceptors (Lipinski definition) is 4. The molecule has 1 amide bonds. The van der Waals surface area contributed by atoms with Crippen LogP contribution in [0.15, 0.2) is 36.4 Å². The first-order valence-corrected chi connectivity index (χ1v) is 8.46. The van der Waals surface area contributed by atoms with Crippen LogP contribution >= 0.6 is 11.6 Å². The van der Waals surface area contributed by atoms with Crippen LogP contribution in [-0.2, 0) is 20.5 Å². The van der Waals surface area contributed by atoms with E-state index in [1.165, 1.54) is 0 Å². The second-order valence-electron chi connectivity index (χ2n) is 5.94. The normalized spacial score (nSPS) is 11.1. The van der Waals surface area contributed by atoms with Crippen LogP contribution in [0.5, 0.6) is 5.75 Å². The minimum atomic E-state index is -4.58. The summed E-state index contributed by atoms with van der Waals surface area (Å²) < 4.78 is 48.2. The Labute approximate surface area is 164 Å². The summed E-state index contributed by atoms with van der Waals surface area (Å²) in [6.07, 6.45) is -4.58. The molecule has 0 aromatic heterocycles. The number of benzene rings is 2. The molecule has 150 valence electrons. The van der Waals surface area contributed by atoms with Crippen molar-refractivity contribution < 1.29 is 32.2 Å². The fourth-order valence-corrected chi connectivity index (χ4v) is 2.28. The number of esters is 1. The molecular formula is C19H17ClF3NO4. The number of ether oxygens (including phenoxy) is 2. The second-order valence-corrected chi connectivity index (χ2v) is 6.34. The molecule has 5 nitrogen and oxygen atoms in total.